The average Bonchev–Trinajstić information content (AvgIpc) is 2.89. The molecule has 19 heavy (non-hydrogen) atoms. The number of rotatable bonds is 0. The monoisotopic (exact) mass is 252 g/mol. The fourth-order valence-corrected chi connectivity index (χ4v) is 3.56. The first-order valence-corrected chi connectivity index (χ1v) is 6.59. The Morgan fingerprint density at radius 1 is 1.42 bits per heavy atom. The SMILES string of the molecule is O=c1c2c3c4c5c(ccn4CC[C@@H]3NCN2)cnc15. The van der Waals surface area contributed by atoms with Crippen molar-refractivity contribution in [2.75, 3.05) is 12.0 Å². The molecule has 2 aliphatic rings. The maximum absolute atomic E-state index is 12.6. The molecule has 94 valence electrons. The van der Waals surface area contributed by atoms with Crippen LogP contribution in [0.4, 0.5) is 5.69 Å². The van der Waals surface area contributed by atoms with Gasteiger partial charge in [0.2, 0.25) is 5.43 Å². The quantitative estimate of drug-likeness (QED) is 0.635. The third kappa shape index (κ3) is 1.01. The summed E-state index contributed by atoms with van der Waals surface area (Å²) in [5, 5.41) is 8.74. The first-order valence-electron chi connectivity index (χ1n) is 6.59. The van der Waals surface area contributed by atoms with E-state index in [-0.39, 0.29) is 11.5 Å². The summed E-state index contributed by atoms with van der Waals surface area (Å²) in [6.45, 7) is 1.64. The Balaban J connectivity index is 2.15. The minimum absolute atomic E-state index is 0.0450. The van der Waals surface area contributed by atoms with Gasteiger partial charge in [-0.25, -0.2) is 0 Å². The number of aryl methyl sites for hydroxylation is 1. The van der Waals surface area contributed by atoms with Crippen LogP contribution in [-0.2, 0) is 6.54 Å². The van der Waals surface area contributed by atoms with Crippen LogP contribution in [0.15, 0.2) is 23.3 Å². The summed E-state index contributed by atoms with van der Waals surface area (Å²) < 4.78 is 2.25. The molecule has 0 unspecified atom stereocenters. The number of aromatic nitrogens is 2. The average molecular weight is 252 g/mol. The molecule has 4 heterocycles. The van der Waals surface area contributed by atoms with Gasteiger partial charge in [-0.05, 0) is 12.5 Å². The Bertz CT molecular complexity index is 882. The largest absolute Gasteiger partial charge is 0.369 e. The van der Waals surface area contributed by atoms with Crippen molar-refractivity contribution in [3.05, 3.63) is 34.2 Å². The summed E-state index contributed by atoms with van der Waals surface area (Å²) in [6, 6.07) is 2.34. The lowest BCUT2D eigenvalue weighted by atomic mass is 9.92. The molecule has 2 aromatic heterocycles. The number of benzene rings is 1. The molecule has 0 spiro atoms. The van der Waals surface area contributed by atoms with Gasteiger partial charge >= 0.3 is 0 Å². The summed E-state index contributed by atoms with van der Waals surface area (Å²) in [4.78, 5) is 16.9. The van der Waals surface area contributed by atoms with Crippen molar-refractivity contribution < 1.29 is 0 Å². The van der Waals surface area contributed by atoms with Gasteiger partial charge in [-0.2, -0.15) is 0 Å². The molecule has 2 N–H and O–H groups in total. The van der Waals surface area contributed by atoms with Crippen molar-refractivity contribution in [3.8, 4) is 0 Å². The van der Waals surface area contributed by atoms with Gasteiger partial charge in [0.25, 0.3) is 0 Å². The molecule has 0 bridgehead atoms. The van der Waals surface area contributed by atoms with E-state index in [2.05, 4.69) is 32.4 Å². The van der Waals surface area contributed by atoms with Crippen LogP contribution in [0, 0.1) is 0 Å². The molecule has 5 rings (SSSR count). The fourth-order valence-electron chi connectivity index (χ4n) is 3.56. The van der Waals surface area contributed by atoms with E-state index in [9.17, 15) is 4.79 Å². The summed E-state index contributed by atoms with van der Waals surface area (Å²) in [6.07, 6.45) is 4.94. The smallest absolute Gasteiger partial charge is 0.228 e. The topological polar surface area (TPSA) is 59.0 Å². The summed E-state index contributed by atoms with van der Waals surface area (Å²) in [5.74, 6) is 0. The second-order valence-corrected chi connectivity index (χ2v) is 5.31. The van der Waals surface area contributed by atoms with Crippen LogP contribution < -0.4 is 16.1 Å². The molecule has 0 saturated carbocycles. The van der Waals surface area contributed by atoms with Gasteiger partial charge in [0.1, 0.15) is 5.52 Å². The molecule has 0 radical (unpaired) electrons. The van der Waals surface area contributed by atoms with Crippen molar-refractivity contribution in [2.24, 2.45) is 0 Å². The molecule has 1 atom stereocenters. The fraction of sp³-hybridized carbons (Fsp3) is 0.286. The van der Waals surface area contributed by atoms with Crippen LogP contribution in [0.25, 0.3) is 21.8 Å². The first-order chi connectivity index (χ1) is 9.34. The minimum Gasteiger partial charge on any atom is -0.369 e. The minimum atomic E-state index is 0.0450. The van der Waals surface area contributed by atoms with E-state index in [1.54, 1.807) is 6.20 Å². The lowest BCUT2D eigenvalue weighted by Crippen LogP contribution is -2.38. The van der Waals surface area contributed by atoms with E-state index < -0.39 is 0 Å². The zero-order valence-electron chi connectivity index (χ0n) is 10.2. The molecule has 0 amide bonds. The zero-order valence-corrected chi connectivity index (χ0v) is 10.2. The Hall–Kier alpha value is -2.14. The van der Waals surface area contributed by atoms with Gasteiger partial charge in [0, 0.05) is 41.3 Å². The number of hydrogen-bond donors (Lipinski definition) is 2. The van der Waals surface area contributed by atoms with Crippen LogP contribution in [-0.4, -0.2) is 16.2 Å². The van der Waals surface area contributed by atoms with Gasteiger partial charge in [-0.1, -0.05) is 0 Å². The first kappa shape index (κ1) is 9.75. The van der Waals surface area contributed by atoms with E-state index in [1.807, 2.05) is 0 Å². The van der Waals surface area contributed by atoms with Crippen LogP contribution in [0.5, 0.6) is 0 Å². The molecule has 3 aromatic rings. The van der Waals surface area contributed by atoms with Gasteiger partial charge < -0.3 is 9.88 Å². The number of pyridine rings is 1. The number of hydrogen-bond acceptors (Lipinski definition) is 4. The zero-order chi connectivity index (χ0) is 12.6. The van der Waals surface area contributed by atoms with Crippen molar-refractivity contribution in [3.63, 3.8) is 0 Å². The summed E-state index contributed by atoms with van der Waals surface area (Å²) in [7, 11) is 0. The highest BCUT2D eigenvalue weighted by Crippen LogP contribution is 2.39. The molecular weight excluding hydrogens is 240 g/mol. The predicted octanol–water partition coefficient (Wildman–Crippen LogP) is 1.40. The Labute approximate surface area is 108 Å². The van der Waals surface area contributed by atoms with Crippen LogP contribution in [0.2, 0.25) is 0 Å². The lowest BCUT2D eigenvalue weighted by molar-refractivity contribution is 0.452. The molecule has 5 heteroatoms. The molecule has 2 aliphatic heterocycles. The van der Waals surface area contributed by atoms with E-state index >= 15 is 0 Å². The van der Waals surface area contributed by atoms with Gasteiger partial charge in [0.05, 0.1) is 17.9 Å². The maximum Gasteiger partial charge on any atom is 0.228 e. The molecule has 1 aromatic carbocycles. The van der Waals surface area contributed by atoms with Crippen molar-refractivity contribution in [1.29, 1.82) is 0 Å². The Morgan fingerprint density at radius 3 is 3.32 bits per heavy atom. The van der Waals surface area contributed by atoms with Gasteiger partial charge in [-0.3, -0.25) is 15.1 Å². The molecular formula is C14H12N4O. The molecule has 0 aliphatic carbocycles. The number of nitrogens with zero attached hydrogens (tertiary/aromatic N) is 2. The van der Waals surface area contributed by atoms with E-state index in [0.29, 0.717) is 12.2 Å². The van der Waals surface area contributed by atoms with E-state index in [1.165, 1.54) is 5.52 Å². The van der Waals surface area contributed by atoms with Crippen molar-refractivity contribution in [1.82, 2.24) is 14.9 Å². The third-order valence-electron chi connectivity index (χ3n) is 4.40. The van der Waals surface area contributed by atoms with Crippen LogP contribution >= 0.6 is 0 Å². The summed E-state index contributed by atoms with van der Waals surface area (Å²) in [5.41, 5.74) is 3.71. The second kappa shape index (κ2) is 3.05. The third-order valence-corrected chi connectivity index (χ3v) is 4.40. The highest BCUT2D eigenvalue weighted by atomic mass is 16.1. The van der Waals surface area contributed by atoms with Crippen molar-refractivity contribution >= 4 is 27.5 Å². The molecule has 5 nitrogen and oxygen atoms in total. The van der Waals surface area contributed by atoms with Crippen LogP contribution in [0.3, 0.4) is 0 Å². The lowest BCUT2D eigenvalue weighted by Gasteiger charge is -2.33. The highest BCUT2D eigenvalue weighted by Gasteiger charge is 2.31. The summed E-state index contributed by atoms with van der Waals surface area (Å²) >= 11 is 0. The van der Waals surface area contributed by atoms with Crippen LogP contribution in [0.1, 0.15) is 18.0 Å². The van der Waals surface area contributed by atoms with E-state index in [0.717, 1.165) is 35.0 Å². The Morgan fingerprint density at radius 2 is 2.37 bits per heavy atom. The predicted molar refractivity (Wildman–Crippen MR) is 73.7 cm³/mol. The molecule has 0 saturated heterocycles. The van der Waals surface area contributed by atoms with E-state index in [4.69, 9.17) is 0 Å². The Kier molecular flexibility index (Phi) is 1.57. The van der Waals surface area contributed by atoms with Gasteiger partial charge in [0.15, 0.2) is 0 Å². The number of anilines is 1. The number of nitrogens with one attached hydrogen (secondary N) is 2. The highest BCUT2D eigenvalue weighted by molar-refractivity contribution is 6.11. The van der Waals surface area contributed by atoms with Gasteiger partial charge in [-0.15, -0.1) is 0 Å². The normalized spacial score (nSPS) is 20.9. The maximum atomic E-state index is 12.6. The van der Waals surface area contributed by atoms with Crippen molar-refractivity contribution in [2.45, 2.75) is 19.0 Å². The second-order valence-electron chi connectivity index (χ2n) is 5.31. The molecule has 0 fully saturated rings. The standard InChI is InChI=1S/C14H12N4O/c19-14-11-9-7(5-15-11)1-3-18-4-2-8-10(13(9)18)12(14)17-6-16-8/h1,3,5,8,16-17H,2,4,6H2/t8-/m0/s1.